The van der Waals surface area contributed by atoms with Crippen LogP contribution in [0.2, 0.25) is 5.02 Å². The maximum absolute atomic E-state index is 14.2. The molecule has 2 aliphatic heterocycles. The van der Waals surface area contributed by atoms with Crippen molar-refractivity contribution in [3.63, 3.8) is 0 Å². The minimum atomic E-state index is -0.974. The van der Waals surface area contributed by atoms with E-state index in [1.54, 1.807) is 36.7 Å². The number of benzene rings is 2. The van der Waals surface area contributed by atoms with Crippen LogP contribution < -0.4 is 26.0 Å². The molecular formula is C52H66ClN9O7. The fourth-order valence-electron chi connectivity index (χ4n) is 10.5. The number of ether oxygens (including phenoxy) is 2. The molecule has 17 heteroatoms. The summed E-state index contributed by atoms with van der Waals surface area (Å²) in [6.45, 7) is 18.3. The van der Waals surface area contributed by atoms with E-state index < -0.39 is 46.2 Å². The molecule has 1 saturated carbocycles. The van der Waals surface area contributed by atoms with Crippen LogP contribution in [0.5, 0.6) is 5.75 Å². The van der Waals surface area contributed by atoms with Crippen LogP contribution in [-0.2, 0) is 19.1 Å². The molecule has 2 saturated heterocycles. The molecule has 7 rings (SSSR count). The lowest BCUT2D eigenvalue weighted by atomic mass is 9.49. The molecule has 4 heterocycles. The summed E-state index contributed by atoms with van der Waals surface area (Å²) >= 11 is 6.25. The number of aliphatic hydroxyl groups is 1. The number of β-amino-alcohol motifs (C(OH)–C–C–N with tert-alkyl or cyclic N) is 1. The largest absolute Gasteiger partial charge is 0.489 e. The van der Waals surface area contributed by atoms with Crippen molar-refractivity contribution < 1.29 is 33.8 Å². The Balaban J connectivity index is 0.850. The maximum Gasteiger partial charge on any atom is 0.253 e. The number of imidazole rings is 1. The summed E-state index contributed by atoms with van der Waals surface area (Å²) < 4.78 is 14.2. The fourth-order valence-corrected chi connectivity index (χ4v) is 10.7. The number of carbonyl (C=O) groups is 4. The van der Waals surface area contributed by atoms with Gasteiger partial charge in [0.25, 0.3) is 5.91 Å². The monoisotopic (exact) mass is 963 g/mol. The highest BCUT2D eigenvalue weighted by molar-refractivity contribution is 6.31. The van der Waals surface area contributed by atoms with Crippen LogP contribution in [0, 0.1) is 40.4 Å². The Hall–Kier alpha value is -5.86. The Bertz CT molecular complexity index is 2530. The number of hydrogen-bond acceptors (Lipinski definition) is 11. The smallest absolute Gasteiger partial charge is 0.253 e. The number of halogens is 1. The summed E-state index contributed by atoms with van der Waals surface area (Å²) in [5.41, 5.74) is 1.96. The average Bonchev–Trinajstić information content (AvgIpc) is 3.93. The van der Waals surface area contributed by atoms with E-state index in [1.807, 2.05) is 75.7 Å². The van der Waals surface area contributed by atoms with Crippen LogP contribution in [0.1, 0.15) is 120 Å². The molecule has 0 spiro atoms. The summed E-state index contributed by atoms with van der Waals surface area (Å²) in [5.74, 6) is 0.0770. The first kappa shape index (κ1) is 51.0. The number of pyridine rings is 1. The molecule has 3 fully saturated rings. The molecule has 16 nitrogen and oxygen atoms in total. The van der Waals surface area contributed by atoms with E-state index in [4.69, 9.17) is 21.1 Å². The number of aromatic nitrogens is 3. The van der Waals surface area contributed by atoms with Crippen molar-refractivity contribution >= 4 is 35.2 Å². The second-order valence-corrected chi connectivity index (χ2v) is 21.5. The molecule has 5 N–H and O–H groups in total. The van der Waals surface area contributed by atoms with Crippen LogP contribution in [0.25, 0.3) is 5.69 Å². The lowest BCUT2D eigenvalue weighted by Gasteiger charge is -2.63. The van der Waals surface area contributed by atoms with Crippen molar-refractivity contribution in [3.8, 4) is 17.5 Å². The molecule has 0 radical (unpaired) electrons. The topological polar surface area (TPSA) is 213 Å². The van der Waals surface area contributed by atoms with Crippen LogP contribution >= 0.6 is 11.6 Å². The van der Waals surface area contributed by atoms with Crippen molar-refractivity contribution in [2.75, 3.05) is 26.3 Å². The number of carbonyl (C=O) groups excluding carboxylic acids is 4. The van der Waals surface area contributed by atoms with E-state index in [-0.39, 0.29) is 61.5 Å². The molecule has 2 aromatic carbocycles. The molecule has 3 aliphatic rings. The second-order valence-electron chi connectivity index (χ2n) is 21.1. The number of piperidine rings is 1. The normalized spacial score (nSPS) is 23.7. The van der Waals surface area contributed by atoms with Gasteiger partial charge >= 0.3 is 0 Å². The SMILES string of the molecule is Cc1nccn1-c1ccc([C@H](C)NC(=O)C2C[C@@H](O)CN2C(=O)C(NC(=O)COCC2CCC(c3ccc(C(=O)NC4C(C)(C)C(Oc5ccc(C#N)c(Cl)c5)C4(C)C)cn3)NC2)C(C)(C)C)cc1. The predicted octanol–water partition coefficient (Wildman–Crippen LogP) is 6.14. The number of aryl methyl sites for hydroxylation is 1. The summed E-state index contributed by atoms with van der Waals surface area (Å²) in [6, 6.07) is 16.1. The van der Waals surface area contributed by atoms with Crippen LogP contribution in [0.3, 0.4) is 0 Å². The van der Waals surface area contributed by atoms with Crippen LogP contribution in [-0.4, -0.2) is 105 Å². The highest BCUT2D eigenvalue weighted by Gasteiger charge is 2.64. The molecular weight excluding hydrogens is 898 g/mol. The number of nitriles is 1. The molecule has 4 amide bonds. The van der Waals surface area contributed by atoms with E-state index in [0.717, 1.165) is 35.6 Å². The molecule has 368 valence electrons. The van der Waals surface area contributed by atoms with E-state index in [1.165, 1.54) is 4.90 Å². The van der Waals surface area contributed by atoms with Gasteiger partial charge in [-0.15, -0.1) is 0 Å². The van der Waals surface area contributed by atoms with Crippen molar-refractivity contribution in [3.05, 3.63) is 106 Å². The lowest BCUT2D eigenvalue weighted by molar-refractivity contribution is -0.164. The highest BCUT2D eigenvalue weighted by Crippen LogP contribution is 2.55. The van der Waals surface area contributed by atoms with E-state index >= 15 is 0 Å². The number of hydrogen-bond donors (Lipinski definition) is 5. The first-order chi connectivity index (χ1) is 32.6. The summed E-state index contributed by atoms with van der Waals surface area (Å²) in [7, 11) is 0. The Kier molecular flexibility index (Phi) is 15.2. The zero-order valence-electron chi connectivity index (χ0n) is 41.0. The summed E-state index contributed by atoms with van der Waals surface area (Å²) in [4.78, 5) is 65.0. The van der Waals surface area contributed by atoms with Gasteiger partial charge in [0.15, 0.2) is 0 Å². The number of rotatable bonds is 15. The minimum absolute atomic E-state index is 0.0131. The summed E-state index contributed by atoms with van der Waals surface area (Å²) in [5, 5.41) is 32.9. The van der Waals surface area contributed by atoms with Gasteiger partial charge in [0.05, 0.1) is 40.6 Å². The zero-order chi connectivity index (χ0) is 50.0. The van der Waals surface area contributed by atoms with E-state index in [0.29, 0.717) is 35.1 Å². The van der Waals surface area contributed by atoms with Gasteiger partial charge in [-0.05, 0) is 80.0 Å². The third-order valence-corrected chi connectivity index (χ3v) is 14.4. The van der Waals surface area contributed by atoms with Gasteiger partial charge in [0, 0.05) is 72.8 Å². The van der Waals surface area contributed by atoms with E-state index in [9.17, 15) is 29.5 Å². The molecule has 0 bridgehead atoms. The van der Waals surface area contributed by atoms with Crippen molar-refractivity contribution in [2.45, 2.75) is 124 Å². The summed E-state index contributed by atoms with van der Waals surface area (Å²) in [6.07, 6.45) is 5.80. The molecule has 1 aliphatic carbocycles. The van der Waals surface area contributed by atoms with Crippen molar-refractivity contribution in [1.29, 1.82) is 5.26 Å². The Morgan fingerprint density at radius 3 is 2.33 bits per heavy atom. The van der Waals surface area contributed by atoms with Gasteiger partial charge in [0.2, 0.25) is 17.7 Å². The van der Waals surface area contributed by atoms with Gasteiger partial charge in [-0.2, -0.15) is 5.26 Å². The minimum Gasteiger partial charge on any atom is -0.489 e. The van der Waals surface area contributed by atoms with Gasteiger partial charge in [-0.25, -0.2) is 4.98 Å². The number of nitrogens with one attached hydrogen (secondary N) is 4. The Morgan fingerprint density at radius 1 is 1.01 bits per heavy atom. The first-order valence-electron chi connectivity index (χ1n) is 23.7. The highest BCUT2D eigenvalue weighted by atomic mass is 35.5. The van der Waals surface area contributed by atoms with Crippen molar-refractivity contribution in [1.82, 2.24) is 40.7 Å². The van der Waals surface area contributed by atoms with Gasteiger partial charge in [0.1, 0.15) is 42.4 Å². The second kappa shape index (κ2) is 20.6. The molecule has 69 heavy (non-hydrogen) atoms. The molecule has 4 aromatic rings. The first-order valence-corrected chi connectivity index (χ1v) is 24.1. The van der Waals surface area contributed by atoms with Crippen LogP contribution in [0.15, 0.2) is 73.2 Å². The van der Waals surface area contributed by atoms with Gasteiger partial charge < -0.3 is 45.3 Å². The standard InChI is InChI=1S/C52H66ClN9O7/c1-30(33-11-15-36(16-12-33)61-21-20-55-31(61)2)58-46(66)42-22-37(63)27-62(42)47(67)44(50(3,4)5)59-43(64)29-68-28-32-10-18-40(56-25-32)41-19-14-35(26-57-41)45(65)60-48-51(6,7)49(52(48,8)9)69-38-17-13-34(24-54)39(53)23-38/h11-17,19-21,23,26,30,32,37,40,42,44,48-49,56,63H,10,18,22,25,27-29H2,1-9H3,(H,58,66)(H,59,64)(H,60,65)/t30-,32?,37+,40?,42?,44?,48?,49?/m0/s1. The maximum atomic E-state index is 14.2. The van der Waals surface area contributed by atoms with Gasteiger partial charge in [-0.3, -0.25) is 24.2 Å². The van der Waals surface area contributed by atoms with E-state index in [2.05, 4.69) is 65.0 Å². The average molecular weight is 965 g/mol. The number of amides is 4. The quantitative estimate of drug-likeness (QED) is 0.0913. The fraction of sp³-hybridized carbons (Fsp3) is 0.519. The Labute approximate surface area is 409 Å². The molecule has 6 atom stereocenters. The zero-order valence-corrected chi connectivity index (χ0v) is 41.8. The predicted molar refractivity (Wildman–Crippen MR) is 260 cm³/mol. The molecule has 2 aromatic heterocycles. The van der Waals surface area contributed by atoms with Crippen molar-refractivity contribution in [2.24, 2.45) is 22.2 Å². The third-order valence-electron chi connectivity index (χ3n) is 14.1. The Morgan fingerprint density at radius 2 is 1.74 bits per heavy atom. The number of likely N-dealkylation sites (tertiary alicyclic amines) is 1. The number of nitrogens with zero attached hydrogens (tertiary/aromatic N) is 5. The molecule has 4 unspecified atom stereocenters. The van der Waals surface area contributed by atoms with Gasteiger partial charge in [-0.1, -0.05) is 72.2 Å². The number of aliphatic hydroxyl groups excluding tert-OH is 1. The van der Waals surface area contributed by atoms with Crippen LogP contribution in [0.4, 0.5) is 0 Å². The lowest BCUT2D eigenvalue weighted by Crippen LogP contribution is -2.74. The third kappa shape index (κ3) is 11.3.